The van der Waals surface area contributed by atoms with E-state index >= 15 is 0 Å². The first kappa shape index (κ1) is 5.92. The fourth-order valence-corrected chi connectivity index (χ4v) is 0.620. The maximum atomic E-state index is 12.0. The van der Waals surface area contributed by atoms with E-state index in [4.69, 9.17) is 0 Å². The van der Waals surface area contributed by atoms with E-state index in [1.54, 1.807) is 0 Å². The minimum Gasteiger partial charge on any atom is -0.241 e. The van der Waals surface area contributed by atoms with Crippen LogP contribution in [0.2, 0.25) is 0 Å². The van der Waals surface area contributed by atoms with Gasteiger partial charge in [-0.2, -0.15) is 0 Å². The third-order valence-corrected chi connectivity index (χ3v) is 1.31. The molecule has 1 atom stereocenters. The smallest absolute Gasteiger partial charge is 0.241 e. The van der Waals surface area contributed by atoms with Crippen LogP contribution in [-0.4, -0.2) is 12.6 Å². The van der Waals surface area contributed by atoms with Gasteiger partial charge < -0.3 is 0 Å². The van der Waals surface area contributed by atoms with E-state index in [1.165, 1.54) is 0 Å². The van der Waals surface area contributed by atoms with Gasteiger partial charge in [-0.1, -0.05) is 0 Å². The monoisotopic (exact) mass is 124 g/mol. The van der Waals surface area contributed by atoms with Gasteiger partial charge in [0.15, 0.2) is 6.17 Å². The molecule has 1 aliphatic carbocycles. The summed E-state index contributed by atoms with van der Waals surface area (Å²) in [4.78, 5) is 0. The molecule has 1 saturated carbocycles. The lowest BCUT2D eigenvalue weighted by Gasteiger charge is -2.01. The van der Waals surface area contributed by atoms with Gasteiger partial charge in [0.1, 0.15) is 0 Å². The zero-order chi connectivity index (χ0) is 6.15. The summed E-state index contributed by atoms with van der Waals surface area (Å²) in [6.07, 6.45) is -3.32. The molecule has 1 aliphatic rings. The molecule has 0 nitrogen and oxygen atoms in total. The Morgan fingerprint density at radius 3 is 1.75 bits per heavy atom. The van der Waals surface area contributed by atoms with Crippen molar-refractivity contribution in [2.75, 3.05) is 0 Å². The molecule has 0 aromatic heterocycles. The van der Waals surface area contributed by atoms with Gasteiger partial charge in [-0.15, -0.1) is 0 Å². The lowest BCUT2D eigenvalue weighted by molar-refractivity contribution is 0.0380. The summed E-state index contributed by atoms with van der Waals surface area (Å²) in [5.41, 5.74) is 0. The van der Waals surface area contributed by atoms with Crippen molar-refractivity contribution in [3.05, 3.63) is 0 Å². The Morgan fingerprint density at radius 2 is 1.62 bits per heavy atom. The summed E-state index contributed by atoms with van der Waals surface area (Å²) in [6.45, 7) is 0. The van der Waals surface area contributed by atoms with Gasteiger partial charge in [-0.05, 0) is 18.8 Å². The zero-order valence-electron chi connectivity index (χ0n) is 4.28. The molecule has 3 heteroatoms. The Balaban J connectivity index is 2.22. The van der Waals surface area contributed by atoms with Gasteiger partial charge in [0.05, 0.1) is 0 Å². The Kier molecular flexibility index (Phi) is 1.45. The molecule has 0 saturated heterocycles. The molecule has 0 aromatic carbocycles. The highest BCUT2D eigenvalue weighted by atomic mass is 19.3. The maximum Gasteiger partial charge on any atom is 0.269 e. The van der Waals surface area contributed by atoms with Crippen LogP contribution in [0.3, 0.4) is 0 Å². The third kappa shape index (κ3) is 1.14. The highest BCUT2D eigenvalue weighted by molar-refractivity contribution is 4.82. The van der Waals surface area contributed by atoms with Crippen molar-refractivity contribution in [2.24, 2.45) is 5.92 Å². The quantitative estimate of drug-likeness (QED) is 0.528. The Bertz CT molecular complexity index is 75.7. The van der Waals surface area contributed by atoms with E-state index in [-0.39, 0.29) is 5.92 Å². The molecule has 0 heterocycles. The van der Waals surface area contributed by atoms with Gasteiger partial charge in [0.25, 0.3) is 6.43 Å². The summed E-state index contributed by atoms with van der Waals surface area (Å²) in [5, 5.41) is 0. The lowest BCUT2D eigenvalue weighted by atomic mass is 10.3. The molecule has 0 radical (unpaired) electrons. The minimum absolute atomic E-state index is 0.324. The average Bonchev–Trinajstić information content (AvgIpc) is 2.43. The molecule has 1 unspecified atom stereocenters. The molecule has 0 amide bonds. The predicted octanol–water partition coefficient (Wildman–Crippen LogP) is 2.00. The number of hydrogen-bond acceptors (Lipinski definition) is 0. The molecule has 0 bridgehead atoms. The summed E-state index contributed by atoms with van der Waals surface area (Å²) in [7, 11) is 0. The second kappa shape index (κ2) is 1.96. The van der Waals surface area contributed by atoms with Crippen LogP contribution in [0.15, 0.2) is 0 Å². The van der Waals surface area contributed by atoms with E-state index < -0.39 is 12.6 Å². The van der Waals surface area contributed by atoms with Crippen molar-refractivity contribution in [2.45, 2.75) is 25.4 Å². The summed E-state index contributed by atoms with van der Waals surface area (Å²) in [5.74, 6) is -0.324. The molecule has 48 valence electrons. The Morgan fingerprint density at radius 1 is 1.12 bits per heavy atom. The molecule has 1 rings (SSSR count). The van der Waals surface area contributed by atoms with Crippen LogP contribution < -0.4 is 0 Å². The van der Waals surface area contributed by atoms with Gasteiger partial charge in [0.2, 0.25) is 0 Å². The maximum absolute atomic E-state index is 12.0. The van der Waals surface area contributed by atoms with E-state index in [0.717, 1.165) is 0 Å². The Hall–Kier alpha value is -0.210. The third-order valence-electron chi connectivity index (χ3n) is 1.31. The van der Waals surface area contributed by atoms with Crippen molar-refractivity contribution >= 4 is 0 Å². The molecule has 8 heavy (non-hydrogen) atoms. The molecular weight excluding hydrogens is 117 g/mol. The van der Waals surface area contributed by atoms with Gasteiger partial charge in [0, 0.05) is 0 Å². The van der Waals surface area contributed by atoms with Crippen LogP contribution in [0, 0.1) is 5.92 Å². The standard InChI is InChI=1S/C5H7F3/c6-4(5(7)8)3-1-2-3/h3-5H,1-2H2. The van der Waals surface area contributed by atoms with Crippen molar-refractivity contribution in [1.82, 2.24) is 0 Å². The van der Waals surface area contributed by atoms with E-state index in [0.29, 0.717) is 12.8 Å². The average molecular weight is 124 g/mol. The van der Waals surface area contributed by atoms with Gasteiger partial charge >= 0.3 is 0 Å². The number of rotatable bonds is 2. The van der Waals surface area contributed by atoms with Crippen LogP contribution in [0.25, 0.3) is 0 Å². The van der Waals surface area contributed by atoms with Crippen LogP contribution in [0.5, 0.6) is 0 Å². The largest absolute Gasteiger partial charge is 0.269 e. The SMILES string of the molecule is FC(F)C(F)C1CC1. The molecule has 0 spiro atoms. The lowest BCUT2D eigenvalue weighted by Crippen LogP contribution is -2.13. The van der Waals surface area contributed by atoms with Crippen LogP contribution in [0.1, 0.15) is 12.8 Å². The summed E-state index contributed by atoms with van der Waals surface area (Å²) >= 11 is 0. The number of hydrogen-bond donors (Lipinski definition) is 0. The van der Waals surface area contributed by atoms with Gasteiger partial charge in [-0.3, -0.25) is 0 Å². The number of alkyl halides is 3. The van der Waals surface area contributed by atoms with Crippen molar-refractivity contribution < 1.29 is 13.2 Å². The zero-order valence-corrected chi connectivity index (χ0v) is 4.28. The molecule has 1 fully saturated rings. The highest BCUT2D eigenvalue weighted by Gasteiger charge is 2.37. The van der Waals surface area contributed by atoms with E-state index in [9.17, 15) is 13.2 Å². The van der Waals surface area contributed by atoms with E-state index in [2.05, 4.69) is 0 Å². The molecular formula is C5H7F3. The summed E-state index contributed by atoms with van der Waals surface area (Å²) < 4.78 is 34.6. The first-order valence-corrected chi connectivity index (χ1v) is 2.64. The first-order valence-electron chi connectivity index (χ1n) is 2.64. The fourth-order valence-electron chi connectivity index (χ4n) is 0.620. The fraction of sp³-hybridized carbons (Fsp3) is 1.00. The Labute approximate surface area is 45.7 Å². The van der Waals surface area contributed by atoms with E-state index in [1.807, 2.05) is 0 Å². The molecule has 0 N–H and O–H groups in total. The second-order valence-electron chi connectivity index (χ2n) is 2.12. The van der Waals surface area contributed by atoms with Crippen LogP contribution in [0.4, 0.5) is 13.2 Å². The highest BCUT2D eigenvalue weighted by Crippen LogP contribution is 2.36. The number of halogens is 3. The predicted molar refractivity (Wildman–Crippen MR) is 23.6 cm³/mol. The molecule has 0 aliphatic heterocycles. The normalized spacial score (nSPS) is 24.0. The van der Waals surface area contributed by atoms with Crippen molar-refractivity contribution in [3.63, 3.8) is 0 Å². The first-order chi connectivity index (χ1) is 3.72. The minimum atomic E-state index is -2.76. The van der Waals surface area contributed by atoms with Crippen molar-refractivity contribution in [3.8, 4) is 0 Å². The topological polar surface area (TPSA) is 0 Å². The van der Waals surface area contributed by atoms with Crippen molar-refractivity contribution in [1.29, 1.82) is 0 Å². The second-order valence-corrected chi connectivity index (χ2v) is 2.12. The van der Waals surface area contributed by atoms with Crippen LogP contribution >= 0.6 is 0 Å². The van der Waals surface area contributed by atoms with Gasteiger partial charge in [-0.25, -0.2) is 13.2 Å². The summed E-state index contributed by atoms with van der Waals surface area (Å²) in [6, 6.07) is 0. The van der Waals surface area contributed by atoms with Crippen LogP contribution in [-0.2, 0) is 0 Å². The molecule has 0 aromatic rings.